The Morgan fingerprint density at radius 3 is 2.74 bits per heavy atom. The lowest BCUT2D eigenvalue weighted by Crippen LogP contribution is -2.14. The van der Waals surface area contributed by atoms with Gasteiger partial charge >= 0.3 is 5.97 Å². The van der Waals surface area contributed by atoms with Gasteiger partial charge in [-0.15, -0.1) is 11.3 Å². The first kappa shape index (κ1) is 21.2. The molecule has 1 N–H and O–H groups in total. The first-order valence-electron chi connectivity index (χ1n) is 8.99. The third-order valence-electron chi connectivity index (χ3n) is 4.32. The van der Waals surface area contributed by atoms with Gasteiger partial charge in [-0.3, -0.25) is 4.79 Å². The van der Waals surface area contributed by atoms with Gasteiger partial charge in [0.15, 0.2) is 12.4 Å². The molecule has 0 aliphatic carbocycles. The van der Waals surface area contributed by atoms with Gasteiger partial charge in [-0.25, -0.2) is 9.48 Å². The second-order valence-electron chi connectivity index (χ2n) is 6.35. The lowest BCUT2D eigenvalue weighted by atomic mass is 10.2. The number of fused-ring (bicyclic) bond motifs is 1. The number of methoxy groups -OCH3 is 1. The standard InChI is InChI=1S/C21H15Cl2N3O4S/c1-29-21(28)19-18(23)13-7-6-12(10-17(13)31-19)24-20(27)15-8-9-26(25-15)11-30-16-5-3-2-4-14(16)22/h2-10H,11H2,1H3,(H,24,27). The summed E-state index contributed by atoms with van der Waals surface area (Å²) in [6, 6.07) is 13.9. The molecule has 0 saturated carbocycles. The van der Waals surface area contributed by atoms with Crippen molar-refractivity contribution in [2.45, 2.75) is 6.73 Å². The molecule has 0 bridgehead atoms. The third-order valence-corrected chi connectivity index (χ3v) is 6.27. The van der Waals surface area contributed by atoms with Crippen LogP contribution in [-0.4, -0.2) is 28.8 Å². The van der Waals surface area contributed by atoms with Crippen molar-refractivity contribution in [3.63, 3.8) is 0 Å². The lowest BCUT2D eigenvalue weighted by Gasteiger charge is -2.07. The first-order chi connectivity index (χ1) is 15.0. The SMILES string of the molecule is COC(=O)c1sc2cc(NC(=O)c3ccn(COc4ccccc4Cl)n3)ccc2c1Cl. The Labute approximate surface area is 191 Å². The van der Waals surface area contributed by atoms with Crippen LogP contribution in [0.2, 0.25) is 10.0 Å². The van der Waals surface area contributed by atoms with Crippen molar-refractivity contribution >= 4 is 62.2 Å². The molecule has 2 aromatic heterocycles. The average molecular weight is 476 g/mol. The molecule has 10 heteroatoms. The van der Waals surface area contributed by atoms with Gasteiger partial charge < -0.3 is 14.8 Å². The maximum absolute atomic E-state index is 12.6. The van der Waals surface area contributed by atoms with E-state index < -0.39 is 5.97 Å². The number of nitrogens with zero attached hydrogens (tertiary/aromatic N) is 2. The Bertz CT molecular complexity index is 1280. The van der Waals surface area contributed by atoms with Gasteiger partial charge in [-0.05, 0) is 36.4 Å². The molecule has 31 heavy (non-hydrogen) atoms. The number of hydrogen-bond acceptors (Lipinski definition) is 6. The van der Waals surface area contributed by atoms with E-state index in [1.807, 2.05) is 12.1 Å². The third kappa shape index (κ3) is 4.51. The van der Waals surface area contributed by atoms with Crippen molar-refractivity contribution in [3.8, 4) is 5.75 Å². The molecule has 158 valence electrons. The number of anilines is 1. The van der Waals surface area contributed by atoms with Crippen molar-refractivity contribution < 1.29 is 19.1 Å². The van der Waals surface area contributed by atoms with Gasteiger partial charge in [0.2, 0.25) is 0 Å². The van der Waals surface area contributed by atoms with Crippen molar-refractivity contribution in [1.29, 1.82) is 0 Å². The van der Waals surface area contributed by atoms with Crippen molar-refractivity contribution in [3.05, 3.63) is 75.3 Å². The van der Waals surface area contributed by atoms with Crippen LogP contribution in [0.15, 0.2) is 54.7 Å². The highest BCUT2D eigenvalue weighted by Crippen LogP contribution is 2.37. The number of rotatable bonds is 6. The van der Waals surface area contributed by atoms with Crippen LogP contribution in [-0.2, 0) is 11.5 Å². The van der Waals surface area contributed by atoms with Crippen LogP contribution in [0.1, 0.15) is 20.2 Å². The summed E-state index contributed by atoms with van der Waals surface area (Å²) in [6.07, 6.45) is 1.64. The molecule has 0 radical (unpaired) electrons. The van der Waals surface area contributed by atoms with E-state index in [-0.39, 0.29) is 18.3 Å². The molecule has 1 amide bonds. The molecule has 4 aromatic rings. The van der Waals surface area contributed by atoms with Crippen molar-refractivity contribution in [1.82, 2.24) is 9.78 Å². The molecule has 0 saturated heterocycles. The Balaban J connectivity index is 1.45. The number of halogens is 2. The number of benzene rings is 2. The molecule has 0 unspecified atom stereocenters. The zero-order chi connectivity index (χ0) is 22.0. The summed E-state index contributed by atoms with van der Waals surface area (Å²) >= 11 is 13.5. The monoisotopic (exact) mass is 475 g/mol. The predicted molar refractivity (Wildman–Crippen MR) is 120 cm³/mol. The molecule has 7 nitrogen and oxygen atoms in total. The maximum atomic E-state index is 12.6. The molecule has 4 rings (SSSR count). The van der Waals surface area contributed by atoms with Gasteiger partial charge in [0.1, 0.15) is 10.6 Å². The fourth-order valence-corrected chi connectivity index (χ4v) is 4.47. The Morgan fingerprint density at radius 2 is 1.97 bits per heavy atom. The molecular weight excluding hydrogens is 461 g/mol. The number of carbonyl (C=O) groups excluding carboxylic acids is 2. The van der Waals surface area contributed by atoms with Gasteiger partial charge in [0.25, 0.3) is 5.91 Å². The summed E-state index contributed by atoms with van der Waals surface area (Å²) in [5.41, 5.74) is 0.774. The normalized spacial score (nSPS) is 10.8. The minimum Gasteiger partial charge on any atom is -0.470 e. The van der Waals surface area contributed by atoms with Gasteiger partial charge in [0.05, 0.1) is 17.2 Å². The topological polar surface area (TPSA) is 82.5 Å². The average Bonchev–Trinajstić information content (AvgIpc) is 3.37. The van der Waals surface area contributed by atoms with Crippen LogP contribution in [0.3, 0.4) is 0 Å². The van der Waals surface area contributed by atoms with Crippen LogP contribution < -0.4 is 10.1 Å². The number of esters is 1. The van der Waals surface area contributed by atoms with Crippen LogP contribution in [0.5, 0.6) is 5.75 Å². The number of para-hydroxylation sites is 1. The first-order valence-corrected chi connectivity index (χ1v) is 10.6. The summed E-state index contributed by atoms with van der Waals surface area (Å²) in [4.78, 5) is 24.7. The molecule has 2 aromatic carbocycles. The van der Waals surface area contributed by atoms with E-state index in [4.69, 9.17) is 32.7 Å². The fraction of sp³-hybridized carbons (Fsp3) is 0.0952. The zero-order valence-electron chi connectivity index (χ0n) is 16.1. The number of carbonyl (C=O) groups is 2. The predicted octanol–water partition coefficient (Wildman–Crippen LogP) is 5.48. The van der Waals surface area contributed by atoms with Crippen LogP contribution >= 0.6 is 34.5 Å². The minimum absolute atomic E-state index is 0.104. The number of nitrogens with one attached hydrogen (secondary N) is 1. The Hall–Kier alpha value is -3.07. The fourth-order valence-electron chi connectivity index (χ4n) is 2.81. The van der Waals surface area contributed by atoms with Gasteiger partial charge in [0, 0.05) is 22.0 Å². The molecule has 0 spiro atoms. The lowest BCUT2D eigenvalue weighted by molar-refractivity contribution is 0.0606. The summed E-state index contributed by atoms with van der Waals surface area (Å²) < 4.78 is 12.6. The van der Waals surface area contributed by atoms with Crippen LogP contribution in [0.25, 0.3) is 10.1 Å². The van der Waals surface area contributed by atoms with E-state index in [0.717, 1.165) is 4.70 Å². The van der Waals surface area contributed by atoms with E-state index in [1.54, 1.807) is 42.6 Å². The number of amides is 1. The smallest absolute Gasteiger partial charge is 0.349 e. The Kier molecular flexibility index (Phi) is 6.13. The number of thiophene rings is 1. The van der Waals surface area contributed by atoms with E-state index >= 15 is 0 Å². The van der Waals surface area contributed by atoms with Gasteiger partial charge in [-0.2, -0.15) is 5.10 Å². The maximum Gasteiger partial charge on any atom is 0.349 e. The molecule has 2 heterocycles. The highest BCUT2D eigenvalue weighted by molar-refractivity contribution is 7.21. The quantitative estimate of drug-likeness (QED) is 0.373. The molecular formula is C21H15Cl2N3O4S. The summed E-state index contributed by atoms with van der Waals surface area (Å²) in [5.74, 6) is -0.354. The van der Waals surface area contributed by atoms with E-state index in [0.29, 0.717) is 31.7 Å². The van der Waals surface area contributed by atoms with Crippen molar-refractivity contribution in [2.75, 3.05) is 12.4 Å². The summed E-state index contributed by atoms with van der Waals surface area (Å²) in [7, 11) is 1.30. The second-order valence-corrected chi connectivity index (χ2v) is 8.18. The van der Waals surface area contributed by atoms with Gasteiger partial charge in [-0.1, -0.05) is 35.3 Å². The molecule has 0 aliphatic rings. The van der Waals surface area contributed by atoms with E-state index in [9.17, 15) is 9.59 Å². The molecule has 0 aliphatic heterocycles. The second kappa shape index (κ2) is 8.97. The van der Waals surface area contributed by atoms with Crippen molar-refractivity contribution in [2.24, 2.45) is 0 Å². The highest BCUT2D eigenvalue weighted by Gasteiger charge is 2.18. The number of aromatic nitrogens is 2. The number of hydrogen-bond donors (Lipinski definition) is 1. The Morgan fingerprint density at radius 1 is 1.16 bits per heavy atom. The zero-order valence-corrected chi connectivity index (χ0v) is 18.4. The summed E-state index contributed by atoms with van der Waals surface area (Å²) in [5, 5.41) is 8.55. The van der Waals surface area contributed by atoms with E-state index in [2.05, 4.69) is 10.4 Å². The van der Waals surface area contributed by atoms with Crippen LogP contribution in [0, 0.1) is 0 Å². The summed E-state index contributed by atoms with van der Waals surface area (Å²) in [6.45, 7) is 0.104. The largest absolute Gasteiger partial charge is 0.470 e. The number of ether oxygens (including phenoxy) is 2. The minimum atomic E-state index is -0.499. The van der Waals surface area contributed by atoms with Crippen LogP contribution in [0.4, 0.5) is 5.69 Å². The van der Waals surface area contributed by atoms with E-state index in [1.165, 1.54) is 23.1 Å². The molecule has 0 fully saturated rings. The molecule has 0 atom stereocenters. The highest BCUT2D eigenvalue weighted by atomic mass is 35.5.